The number of halogens is 1. The predicted octanol–water partition coefficient (Wildman–Crippen LogP) is 3.73. The summed E-state index contributed by atoms with van der Waals surface area (Å²) >= 11 is 0. The normalized spacial score (nSPS) is 11.0. The van der Waals surface area contributed by atoms with Crippen LogP contribution in [0.2, 0.25) is 0 Å². The van der Waals surface area contributed by atoms with Crippen LogP contribution in [0.4, 0.5) is 4.39 Å². The van der Waals surface area contributed by atoms with Gasteiger partial charge in [-0.05, 0) is 42.3 Å². The number of rotatable bonds is 6. The summed E-state index contributed by atoms with van der Waals surface area (Å²) < 4.78 is 25.7. The Labute approximate surface area is 161 Å². The van der Waals surface area contributed by atoms with Gasteiger partial charge in [-0.2, -0.15) is 9.50 Å². The average Bonchev–Trinajstić information content (AvgIpc) is 3.16. The molecule has 0 aliphatic rings. The second-order valence-corrected chi connectivity index (χ2v) is 6.26. The number of aromatic nitrogens is 4. The third kappa shape index (κ3) is 3.51. The molecule has 0 aliphatic heterocycles. The summed E-state index contributed by atoms with van der Waals surface area (Å²) in [6.45, 7) is 0. The number of methoxy groups -OCH3 is 2. The van der Waals surface area contributed by atoms with E-state index in [2.05, 4.69) is 15.1 Å². The van der Waals surface area contributed by atoms with Gasteiger partial charge in [0.15, 0.2) is 5.82 Å². The molecule has 4 aromatic rings. The fraction of sp³-hybridized carbons (Fsp3) is 0.190. The first kappa shape index (κ1) is 17.9. The number of hydrogen-bond acceptors (Lipinski definition) is 5. The molecule has 28 heavy (non-hydrogen) atoms. The van der Waals surface area contributed by atoms with E-state index in [0.717, 1.165) is 23.4 Å². The van der Waals surface area contributed by atoms with Crippen LogP contribution in [0, 0.1) is 5.82 Å². The maximum atomic E-state index is 13.5. The topological polar surface area (TPSA) is 61.5 Å². The molecule has 0 atom stereocenters. The van der Waals surface area contributed by atoms with Gasteiger partial charge in [0.1, 0.15) is 17.3 Å². The minimum Gasteiger partial charge on any atom is -0.497 e. The maximum Gasteiger partial charge on any atom is 0.252 e. The lowest BCUT2D eigenvalue weighted by molar-refractivity contribution is 0.412. The molecule has 0 amide bonds. The second kappa shape index (κ2) is 7.64. The summed E-state index contributed by atoms with van der Waals surface area (Å²) in [7, 11) is 3.16. The molecule has 2 aromatic carbocycles. The Kier molecular flexibility index (Phi) is 4.89. The Hall–Kier alpha value is -3.48. The SMILES string of the molecule is COc1ccc(CCc2nc3nccc(-c4ccc(F)cc4OC)n3n2)cc1. The van der Waals surface area contributed by atoms with Gasteiger partial charge in [-0.15, -0.1) is 5.10 Å². The minimum absolute atomic E-state index is 0.357. The highest BCUT2D eigenvalue weighted by molar-refractivity contribution is 5.68. The standard InChI is InChI=1S/C21H19FN4O2/c1-27-16-7-3-14(4-8-16)5-10-20-24-21-23-12-11-18(26(21)25-20)17-9-6-15(22)13-19(17)28-2/h3-4,6-9,11-13H,5,10H2,1-2H3. The summed E-state index contributed by atoms with van der Waals surface area (Å²) in [4.78, 5) is 8.82. The molecule has 0 spiro atoms. The number of hydrogen-bond donors (Lipinski definition) is 0. The molecule has 7 heteroatoms. The van der Waals surface area contributed by atoms with Crippen molar-refractivity contribution < 1.29 is 13.9 Å². The van der Waals surface area contributed by atoms with Crippen LogP contribution in [0.15, 0.2) is 54.7 Å². The molecule has 142 valence electrons. The van der Waals surface area contributed by atoms with E-state index >= 15 is 0 Å². The second-order valence-electron chi connectivity index (χ2n) is 6.26. The minimum atomic E-state index is -0.357. The fourth-order valence-electron chi connectivity index (χ4n) is 3.07. The van der Waals surface area contributed by atoms with E-state index in [9.17, 15) is 4.39 Å². The Morgan fingerprint density at radius 1 is 0.964 bits per heavy atom. The van der Waals surface area contributed by atoms with Crippen LogP contribution in [0.3, 0.4) is 0 Å². The van der Waals surface area contributed by atoms with Crippen molar-refractivity contribution in [3.8, 4) is 22.8 Å². The zero-order chi connectivity index (χ0) is 19.5. The highest BCUT2D eigenvalue weighted by atomic mass is 19.1. The third-order valence-electron chi connectivity index (χ3n) is 4.52. The largest absolute Gasteiger partial charge is 0.497 e. The van der Waals surface area contributed by atoms with E-state index in [-0.39, 0.29) is 5.82 Å². The van der Waals surface area contributed by atoms with Gasteiger partial charge in [0.2, 0.25) is 0 Å². The number of ether oxygens (including phenoxy) is 2. The van der Waals surface area contributed by atoms with E-state index in [1.165, 1.54) is 24.8 Å². The van der Waals surface area contributed by atoms with Crippen LogP contribution in [-0.4, -0.2) is 33.8 Å². The predicted molar refractivity (Wildman–Crippen MR) is 103 cm³/mol. The van der Waals surface area contributed by atoms with Crippen molar-refractivity contribution in [2.75, 3.05) is 14.2 Å². The van der Waals surface area contributed by atoms with Gasteiger partial charge in [0.05, 0.1) is 19.9 Å². The summed E-state index contributed by atoms with van der Waals surface area (Å²) in [5.74, 6) is 2.09. The number of nitrogens with zero attached hydrogens (tertiary/aromatic N) is 4. The molecule has 0 N–H and O–H groups in total. The lowest BCUT2D eigenvalue weighted by Crippen LogP contribution is -1.99. The van der Waals surface area contributed by atoms with Crippen molar-refractivity contribution in [3.05, 3.63) is 71.9 Å². The first-order valence-corrected chi connectivity index (χ1v) is 8.85. The smallest absolute Gasteiger partial charge is 0.252 e. The van der Waals surface area contributed by atoms with Gasteiger partial charge in [0, 0.05) is 24.2 Å². The first-order chi connectivity index (χ1) is 13.7. The van der Waals surface area contributed by atoms with Gasteiger partial charge >= 0.3 is 0 Å². The van der Waals surface area contributed by atoms with Crippen molar-refractivity contribution >= 4 is 5.78 Å². The van der Waals surface area contributed by atoms with Crippen LogP contribution < -0.4 is 9.47 Å². The van der Waals surface area contributed by atoms with Crippen molar-refractivity contribution in [3.63, 3.8) is 0 Å². The monoisotopic (exact) mass is 378 g/mol. The van der Waals surface area contributed by atoms with E-state index in [0.29, 0.717) is 23.8 Å². The van der Waals surface area contributed by atoms with Crippen molar-refractivity contribution in [2.45, 2.75) is 12.8 Å². The lowest BCUT2D eigenvalue weighted by atomic mass is 10.1. The Balaban J connectivity index is 1.63. The zero-order valence-electron chi connectivity index (χ0n) is 15.6. The van der Waals surface area contributed by atoms with Crippen LogP contribution >= 0.6 is 0 Å². The molecule has 6 nitrogen and oxygen atoms in total. The molecule has 0 fully saturated rings. The van der Waals surface area contributed by atoms with Crippen LogP contribution in [-0.2, 0) is 12.8 Å². The zero-order valence-corrected chi connectivity index (χ0v) is 15.6. The third-order valence-corrected chi connectivity index (χ3v) is 4.52. The van der Waals surface area contributed by atoms with Crippen molar-refractivity contribution in [2.24, 2.45) is 0 Å². The van der Waals surface area contributed by atoms with Crippen LogP contribution in [0.5, 0.6) is 11.5 Å². The van der Waals surface area contributed by atoms with Gasteiger partial charge < -0.3 is 9.47 Å². The molecule has 2 heterocycles. The highest BCUT2D eigenvalue weighted by Gasteiger charge is 2.14. The van der Waals surface area contributed by atoms with E-state index in [4.69, 9.17) is 9.47 Å². The molecule has 0 saturated heterocycles. The Morgan fingerprint density at radius 3 is 2.54 bits per heavy atom. The number of benzene rings is 2. The first-order valence-electron chi connectivity index (χ1n) is 8.85. The molecular weight excluding hydrogens is 359 g/mol. The van der Waals surface area contributed by atoms with Crippen molar-refractivity contribution in [1.29, 1.82) is 0 Å². The molecular formula is C21H19FN4O2. The lowest BCUT2D eigenvalue weighted by Gasteiger charge is -2.09. The number of aryl methyl sites for hydroxylation is 2. The van der Waals surface area contributed by atoms with Crippen LogP contribution in [0.25, 0.3) is 17.0 Å². The van der Waals surface area contributed by atoms with Crippen LogP contribution in [0.1, 0.15) is 11.4 Å². The Bertz CT molecular complexity index is 1110. The quantitative estimate of drug-likeness (QED) is 0.512. The molecule has 0 bridgehead atoms. The Morgan fingerprint density at radius 2 is 1.79 bits per heavy atom. The van der Waals surface area contributed by atoms with Crippen molar-refractivity contribution in [1.82, 2.24) is 19.6 Å². The molecule has 0 saturated carbocycles. The summed E-state index contributed by atoms with van der Waals surface area (Å²) in [5, 5.41) is 4.60. The van der Waals surface area contributed by atoms with E-state index < -0.39 is 0 Å². The summed E-state index contributed by atoms with van der Waals surface area (Å²) in [5.41, 5.74) is 2.64. The summed E-state index contributed by atoms with van der Waals surface area (Å²) in [6.07, 6.45) is 3.14. The molecule has 2 aromatic heterocycles. The van der Waals surface area contributed by atoms with Gasteiger partial charge in [0.25, 0.3) is 5.78 Å². The molecule has 0 aliphatic carbocycles. The van der Waals surface area contributed by atoms with Gasteiger partial charge in [-0.25, -0.2) is 9.37 Å². The van der Waals surface area contributed by atoms with Gasteiger partial charge in [-0.1, -0.05) is 12.1 Å². The molecule has 0 unspecified atom stereocenters. The number of fused-ring (bicyclic) bond motifs is 1. The van der Waals surface area contributed by atoms with Gasteiger partial charge in [-0.3, -0.25) is 0 Å². The molecule has 4 rings (SSSR count). The maximum absolute atomic E-state index is 13.5. The highest BCUT2D eigenvalue weighted by Crippen LogP contribution is 2.30. The summed E-state index contributed by atoms with van der Waals surface area (Å²) in [6, 6.07) is 14.2. The average molecular weight is 378 g/mol. The fourth-order valence-corrected chi connectivity index (χ4v) is 3.07. The van der Waals surface area contributed by atoms with E-state index in [1.807, 2.05) is 30.3 Å². The van der Waals surface area contributed by atoms with E-state index in [1.54, 1.807) is 23.9 Å². The molecule has 0 radical (unpaired) electrons.